The number of benzene rings is 2. The SMILES string of the molecule is CCC1CN(Cc2ccc(O)c(O)c2)CCC(=O)N1Cc1ccccc1. The molecule has 1 fully saturated rings. The van der Waals surface area contributed by atoms with E-state index < -0.39 is 0 Å². The molecule has 0 saturated carbocycles. The highest BCUT2D eigenvalue weighted by Gasteiger charge is 2.28. The van der Waals surface area contributed by atoms with Crippen molar-refractivity contribution >= 4 is 5.91 Å². The Labute approximate surface area is 154 Å². The predicted molar refractivity (Wildman–Crippen MR) is 101 cm³/mol. The maximum absolute atomic E-state index is 12.7. The molecular formula is C21H26N2O3. The Morgan fingerprint density at radius 2 is 1.77 bits per heavy atom. The predicted octanol–water partition coefficient (Wildman–Crippen LogP) is 3.11. The summed E-state index contributed by atoms with van der Waals surface area (Å²) in [4.78, 5) is 17.0. The second kappa shape index (κ2) is 8.23. The van der Waals surface area contributed by atoms with Gasteiger partial charge in [0, 0.05) is 38.6 Å². The largest absolute Gasteiger partial charge is 0.504 e. The van der Waals surface area contributed by atoms with Gasteiger partial charge in [-0.05, 0) is 29.7 Å². The van der Waals surface area contributed by atoms with E-state index >= 15 is 0 Å². The quantitative estimate of drug-likeness (QED) is 0.810. The highest BCUT2D eigenvalue weighted by molar-refractivity contribution is 5.77. The molecule has 2 N–H and O–H groups in total. The third-order valence-electron chi connectivity index (χ3n) is 4.98. The Morgan fingerprint density at radius 1 is 1.00 bits per heavy atom. The van der Waals surface area contributed by atoms with E-state index in [0.717, 1.165) is 24.1 Å². The molecule has 0 radical (unpaired) electrons. The van der Waals surface area contributed by atoms with Crippen LogP contribution in [0.3, 0.4) is 0 Å². The molecule has 1 heterocycles. The number of phenols is 2. The Morgan fingerprint density at radius 3 is 2.46 bits per heavy atom. The fourth-order valence-corrected chi connectivity index (χ4v) is 3.50. The fourth-order valence-electron chi connectivity index (χ4n) is 3.50. The molecule has 5 nitrogen and oxygen atoms in total. The van der Waals surface area contributed by atoms with E-state index in [0.29, 0.717) is 26.1 Å². The highest BCUT2D eigenvalue weighted by Crippen LogP contribution is 2.26. The van der Waals surface area contributed by atoms with Crippen molar-refractivity contribution in [1.29, 1.82) is 0 Å². The molecule has 26 heavy (non-hydrogen) atoms. The van der Waals surface area contributed by atoms with Gasteiger partial charge in [0.2, 0.25) is 5.91 Å². The van der Waals surface area contributed by atoms with E-state index in [1.165, 1.54) is 6.07 Å². The van der Waals surface area contributed by atoms with Crippen LogP contribution in [0.4, 0.5) is 0 Å². The van der Waals surface area contributed by atoms with E-state index in [4.69, 9.17) is 0 Å². The van der Waals surface area contributed by atoms with Crippen LogP contribution in [0, 0.1) is 0 Å². The summed E-state index contributed by atoms with van der Waals surface area (Å²) in [6.07, 6.45) is 1.39. The maximum atomic E-state index is 12.7. The van der Waals surface area contributed by atoms with Crippen molar-refractivity contribution in [2.45, 2.75) is 38.9 Å². The molecule has 2 aromatic rings. The number of carbonyl (C=O) groups is 1. The Bertz CT molecular complexity index is 748. The van der Waals surface area contributed by atoms with Crippen molar-refractivity contribution in [3.05, 3.63) is 59.7 Å². The van der Waals surface area contributed by atoms with Crippen LogP contribution in [0.15, 0.2) is 48.5 Å². The molecule has 5 heteroatoms. The standard InChI is InChI=1S/C21H26N2O3/c1-2-18-15-22(13-17-8-9-19(24)20(25)12-17)11-10-21(26)23(18)14-16-6-4-3-5-7-16/h3-9,12,18,24-25H,2,10-11,13-15H2,1H3. The number of carbonyl (C=O) groups excluding carboxylic acids is 1. The van der Waals surface area contributed by atoms with Gasteiger partial charge < -0.3 is 15.1 Å². The lowest BCUT2D eigenvalue weighted by molar-refractivity contribution is -0.133. The summed E-state index contributed by atoms with van der Waals surface area (Å²) in [6.45, 7) is 4.91. The summed E-state index contributed by atoms with van der Waals surface area (Å²) in [5, 5.41) is 19.2. The smallest absolute Gasteiger partial charge is 0.224 e. The normalized spacial score (nSPS) is 18.7. The average Bonchev–Trinajstić information content (AvgIpc) is 2.79. The van der Waals surface area contributed by atoms with Crippen molar-refractivity contribution in [2.75, 3.05) is 13.1 Å². The topological polar surface area (TPSA) is 64.0 Å². The van der Waals surface area contributed by atoms with E-state index in [1.807, 2.05) is 29.2 Å². The van der Waals surface area contributed by atoms with Crippen LogP contribution in [0.1, 0.15) is 30.9 Å². The third-order valence-corrected chi connectivity index (χ3v) is 4.98. The molecule has 0 aliphatic carbocycles. The second-order valence-corrected chi connectivity index (χ2v) is 6.88. The molecule has 1 saturated heterocycles. The maximum Gasteiger partial charge on any atom is 0.224 e. The van der Waals surface area contributed by atoms with Gasteiger partial charge in [-0.1, -0.05) is 43.3 Å². The summed E-state index contributed by atoms with van der Waals surface area (Å²) in [5.74, 6) is -0.0248. The fraction of sp³-hybridized carbons (Fsp3) is 0.381. The first kappa shape index (κ1) is 18.3. The van der Waals surface area contributed by atoms with E-state index in [2.05, 4.69) is 24.0 Å². The first-order chi connectivity index (χ1) is 12.6. The molecule has 2 aromatic carbocycles. The van der Waals surface area contributed by atoms with Crippen LogP contribution >= 0.6 is 0 Å². The van der Waals surface area contributed by atoms with Gasteiger partial charge in [-0.2, -0.15) is 0 Å². The van der Waals surface area contributed by atoms with Gasteiger partial charge >= 0.3 is 0 Å². The average molecular weight is 354 g/mol. The van der Waals surface area contributed by atoms with Gasteiger partial charge in [0.25, 0.3) is 0 Å². The van der Waals surface area contributed by atoms with Crippen LogP contribution < -0.4 is 0 Å². The Kier molecular flexibility index (Phi) is 5.78. The lowest BCUT2D eigenvalue weighted by Gasteiger charge is -2.31. The zero-order chi connectivity index (χ0) is 18.5. The molecule has 138 valence electrons. The summed E-state index contributed by atoms with van der Waals surface area (Å²) < 4.78 is 0. The summed E-state index contributed by atoms with van der Waals surface area (Å²) >= 11 is 0. The molecule has 1 amide bonds. The van der Waals surface area contributed by atoms with Gasteiger partial charge in [-0.25, -0.2) is 0 Å². The summed E-state index contributed by atoms with van der Waals surface area (Å²) in [6, 6.07) is 15.2. The number of phenolic OH excluding ortho intramolecular Hbond substituents is 2. The van der Waals surface area contributed by atoms with Crippen LogP contribution in [0.25, 0.3) is 0 Å². The molecule has 1 unspecified atom stereocenters. The lowest BCUT2D eigenvalue weighted by atomic mass is 10.1. The molecule has 3 rings (SSSR count). The van der Waals surface area contributed by atoms with Crippen LogP contribution in [0.2, 0.25) is 0 Å². The number of nitrogens with zero attached hydrogens (tertiary/aromatic N) is 2. The van der Waals surface area contributed by atoms with Crippen LogP contribution in [0.5, 0.6) is 11.5 Å². The number of hydrogen-bond donors (Lipinski definition) is 2. The summed E-state index contributed by atoms with van der Waals surface area (Å²) in [5.41, 5.74) is 2.08. The van der Waals surface area contributed by atoms with Crippen molar-refractivity contribution in [2.24, 2.45) is 0 Å². The number of hydrogen-bond acceptors (Lipinski definition) is 4. The molecule has 1 aliphatic rings. The minimum absolute atomic E-state index is 0.105. The lowest BCUT2D eigenvalue weighted by Crippen LogP contribution is -2.42. The van der Waals surface area contributed by atoms with Crippen LogP contribution in [-0.2, 0) is 17.9 Å². The van der Waals surface area contributed by atoms with Gasteiger partial charge in [-0.15, -0.1) is 0 Å². The van der Waals surface area contributed by atoms with Gasteiger partial charge in [0.05, 0.1) is 0 Å². The molecule has 1 atom stereocenters. The Hall–Kier alpha value is -2.53. The number of amides is 1. The van der Waals surface area contributed by atoms with Gasteiger partial charge in [0.1, 0.15) is 0 Å². The summed E-state index contributed by atoms with van der Waals surface area (Å²) in [7, 11) is 0. The minimum Gasteiger partial charge on any atom is -0.504 e. The Balaban J connectivity index is 1.72. The minimum atomic E-state index is -0.111. The van der Waals surface area contributed by atoms with E-state index in [1.54, 1.807) is 6.07 Å². The van der Waals surface area contributed by atoms with Crippen molar-refractivity contribution in [3.63, 3.8) is 0 Å². The van der Waals surface area contributed by atoms with E-state index in [9.17, 15) is 15.0 Å². The first-order valence-electron chi connectivity index (χ1n) is 9.13. The second-order valence-electron chi connectivity index (χ2n) is 6.88. The zero-order valence-electron chi connectivity index (χ0n) is 15.1. The molecule has 0 bridgehead atoms. The molecule has 0 aromatic heterocycles. The van der Waals surface area contributed by atoms with Crippen LogP contribution in [-0.4, -0.2) is 45.1 Å². The van der Waals surface area contributed by atoms with Crippen molar-refractivity contribution in [3.8, 4) is 11.5 Å². The monoisotopic (exact) mass is 354 g/mol. The number of aromatic hydroxyl groups is 2. The van der Waals surface area contributed by atoms with E-state index in [-0.39, 0.29) is 23.4 Å². The molecular weight excluding hydrogens is 328 g/mol. The molecule has 0 spiro atoms. The number of rotatable bonds is 5. The van der Waals surface area contributed by atoms with Crippen molar-refractivity contribution in [1.82, 2.24) is 9.80 Å². The van der Waals surface area contributed by atoms with Gasteiger partial charge in [0.15, 0.2) is 11.5 Å². The third kappa shape index (κ3) is 4.35. The first-order valence-corrected chi connectivity index (χ1v) is 9.13. The van der Waals surface area contributed by atoms with Crippen molar-refractivity contribution < 1.29 is 15.0 Å². The molecule has 1 aliphatic heterocycles. The highest BCUT2D eigenvalue weighted by atomic mass is 16.3. The van der Waals surface area contributed by atoms with Gasteiger partial charge in [-0.3, -0.25) is 9.69 Å². The zero-order valence-corrected chi connectivity index (χ0v) is 15.1.